The van der Waals surface area contributed by atoms with Crippen LogP contribution in [-0.4, -0.2) is 24.5 Å². The van der Waals surface area contributed by atoms with Crippen LogP contribution in [0.2, 0.25) is 0 Å². The average Bonchev–Trinajstić information content (AvgIpc) is 3.36. The molecule has 3 heterocycles. The van der Waals surface area contributed by atoms with Gasteiger partial charge in [-0.2, -0.15) is 0 Å². The van der Waals surface area contributed by atoms with Gasteiger partial charge in [0.15, 0.2) is 11.5 Å². The van der Waals surface area contributed by atoms with E-state index in [0.717, 1.165) is 33.7 Å². The van der Waals surface area contributed by atoms with Crippen molar-refractivity contribution in [2.75, 3.05) is 5.32 Å². The van der Waals surface area contributed by atoms with Crippen molar-refractivity contribution in [3.8, 4) is 11.3 Å². The van der Waals surface area contributed by atoms with Gasteiger partial charge in [0.25, 0.3) is 0 Å². The standard InChI is InChI=1S/C23H21N5O/c1-23(2,29)17-5-7-18(8-6-17)26-21-22-25-11-12-28(22)14-20(27-21)16-4-3-15-9-10-24-19(15)13-16/h3-14,24,29H,1-2H3,(H,26,27). The molecule has 0 bridgehead atoms. The topological polar surface area (TPSA) is 78.2 Å². The molecule has 0 spiro atoms. The van der Waals surface area contributed by atoms with E-state index in [-0.39, 0.29) is 0 Å². The maximum absolute atomic E-state index is 10.2. The Hall–Kier alpha value is -3.64. The molecule has 0 aliphatic heterocycles. The Balaban J connectivity index is 1.55. The molecule has 5 rings (SSSR count). The molecule has 3 N–H and O–H groups in total. The quantitative estimate of drug-likeness (QED) is 0.415. The van der Waals surface area contributed by atoms with Gasteiger partial charge in [-0.25, -0.2) is 9.97 Å². The minimum absolute atomic E-state index is 0.676. The maximum Gasteiger partial charge on any atom is 0.180 e. The van der Waals surface area contributed by atoms with Crippen LogP contribution in [-0.2, 0) is 5.60 Å². The summed E-state index contributed by atoms with van der Waals surface area (Å²) in [5, 5.41) is 14.7. The molecule has 5 aromatic rings. The Morgan fingerprint density at radius 3 is 2.69 bits per heavy atom. The number of anilines is 2. The number of aromatic amines is 1. The van der Waals surface area contributed by atoms with E-state index in [1.165, 1.54) is 5.39 Å². The fourth-order valence-corrected chi connectivity index (χ4v) is 3.46. The molecule has 29 heavy (non-hydrogen) atoms. The van der Waals surface area contributed by atoms with Gasteiger partial charge in [0.1, 0.15) is 0 Å². The lowest BCUT2D eigenvalue weighted by atomic mass is 9.98. The SMILES string of the molecule is CC(C)(O)c1ccc(Nc2nc(-c3ccc4cc[nH]c4c3)cn3ccnc23)cc1. The summed E-state index contributed by atoms with van der Waals surface area (Å²) >= 11 is 0. The number of aromatic nitrogens is 4. The fourth-order valence-electron chi connectivity index (χ4n) is 3.46. The second-order valence-corrected chi connectivity index (χ2v) is 7.67. The minimum Gasteiger partial charge on any atom is -0.386 e. The van der Waals surface area contributed by atoms with Gasteiger partial charge in [-0.3, -0.25) is 0 Å². The molecule has 6 nitrogen and oxygen atoms in total. The number of nitrogens with one attached hydrogen (secondary N) is 2. The highest BCUT2D eigenvalue weighted by Crippen LogP contribution is 2.28. The summed E-state index contributed by atoms with van der Waals surface area (Å²) in [4.78, 5) is 12.5. The Morgan fingerprint density at radius 2 is 1.90 bits per heavy atom. The first-order valence-corrected chi connectivity index (χ1v) is 9.48. The zero-order valence-corrected chi connectivity index (χ0v) is 16.2. The number of imidazole rings is 1. The number of hydrogen-bond acceptors (Lipinski definition) is 4. The van der Waals surface area contributed by atoms with Gasteiger partial charge in [0.2, 0.25) is 0 Å². The van der Waals surface area contributed by atoms with Gasteiger partial charge in [-0.15, -0.1) is 0 Å². The van der Waals surface area contributed by atoms with Gasteiger partial charge in [-0.05, 0) is 49.1 Å². The Morgan fingerprint density at radius 1 is 1.07 bits per heavy atom. The third kappa shape index (κ3) is 3.23. The van der Waals surface area contributed by atoms with E-state index in [9.17, 15) is 5.11 Å². The molecule has 0 saturated carbocycles. The van der Waals surface area contributed by atoms with Crippen LogP contribution in [0, 0.1) is 0 Å². The zero-order chi connectivity index (χ0) is 20.0. The van der Waals surface area contributed by atoms with Crippen LogP contribution in [0.15, 0.2) is 73.3 Å². The van der Waals surface area contributed by atoms with Crippen molar-refractivity contribution in [2.24, 2.45) is 0 Å². The molecule has 0 fully saturated rings. The van der Waals surface area contributed by atoms with E-state index in [1.54, 1.807) is 20.0 Å². The maximum atomic E-state index is 10.2. The van der Waals surface area contributed by atoms with Gasteiger partial charge < -0.3 is 19.8 Å². The van der Waals surface area contributed by atoms with Crippen molar-refractivity contribution >= 4 is 28.1 Å². The first-order chi connectivity index (χ1) is 14.0. The van der Waals surface area contributed by atoms with Crippen LogP contribution >= 0.6 is 0 Å². The van der Waals surface area contributed by atoms with E-state index in [1.807, 2.05) is 47.3 Å². The normalized spacial score (nSPS) is 12.0. The zero-order valence-electron chi connectivity index (χ0n) is 16.2. The monoisotopic (exact) mass is 383 g/mol. The number of fused-ring (bicyclic) bond motifs is 2. The Kier molecular flexibility index (Phi) is 3.89. The number of rotatable bonds is 4. The van der Waals surface area contributed by atoms with Crippen molar-refractivity contribution in [1.82, 2.24) is 19.4 Å². The minimum atomic E-state index is -0.872. The fraction of sp³-hybridized carbons (Fsp3) is 0.130. The molecule has 3 aromatic heterocycles. The van der Waals surface area contributed by atoms with Crippen LogP contribution in [0.3, 0.4) is 0 Å². The van der Waals surface area contributed by atoms with Crippen LogP contribution in [0.1, 0.15) is 19.4 Å². The summed E-state index contributed by atoms with van der Waals surface area (Å²) in [6.45, 7) is 3.55. The van der Waals surface area contributed by atoms with Crippen LogP contribution in [0.25, 0.3) is 27.8 Å². The number of nitrogens with zero attached hydrogens (tertiary/aromatic N) is 3. The van der Waals surface area contributed by atoms with Crippen LogP contribution in [0.5, 0.6) is 0 Å². The van der Waals surface area contributed by atoms with Gasteiger partial charge >= 0.3 is 0 Å². The highest BCUT2D eigenvalue weighted by Gasteiger charge is 2.16. The summed E-state index contributed by atoms with van der Waals surface area (Å²) in [6.07, 6.45) is 7.59. The van der Waals surface area contributed by atoms with Gasteiger partial charge in [0.05, 0.1) is 11.3 Å². The largest absolute Gasteiger partial charge is 0.386 e. The Labute approximate surface area is 167 Å². The van der Waals surface area contributed by atoms with E-state index in [0.29, 0.717) is 5.82 Å². The summed E-state index contributed by atoms with van der Waals surface area (Å²) in [6, 6.07) is 16.0. The second kappa shape index (κ2) is 6.46. The van der Waals surface area contributed by atoms with Gasteiger partial charge in [0, 0.05) is 41.6 Å². The molecule has 6 heteroatoms. The lowest BCUT2D eigenvalue weighted by molar-refractivity contribution is 0.0786. The molecule has 0 aliphatic rings. The van der Waals surface area contributed by atoms with Crippen molar-refractivity contribution in [1.29, 1.82) is 0 Å². The molecule has 0 aliphatic carbocycles. The summed E-state index contributed by atoms with van der Waals surface area (Å²) in [5.41, 5.74) is 4.57. The summed E-state index contributed by atoms with van der Waals surface area (Å²) in [7, 11) is 0. The molecule has 0 radical (unpaired) electrons. The first-order valence-electron chi connectivity index (χ1n) is 9.48. The molecular weight excluding hydrogens is 362 g/mol. The number of aliphatic hydroxyl groups is 1. The molecule has 2 aromatic carbocycles. The van der Waals surface area contributed by atoms with E-state index in [2.05, 4.69) is 39.6 Å². The molecule has 0 saturated heterocycles. The molecule has 144 valence electrons. The van der Waals surface area contributed by atoms with Crippen molar-refractivity contribution < 1.29 is 5.11 Å². The molecule has 0 unspecified atom stereocenters. The molecule has 0 amide bonds. The van der Waals surface area contributed by atoms with Gasteiger partial charge in [-0.1, -0.05) is 24.3 Å². The van der Waals surface area contributed by atoms with Crippen LogP contribution in [0.4, 0.5) is 11.5 Å². The molecule has 0 atom stereocenters. The predicted octanol–water partition coefficient (Wildman–Crippen LogP) is 4.85. The predicted molar refractivity (Wildman–Crippen MR) is 115 cm³/mol. The summed E-state index contributed by atoms with van der Waals surface area (Å²) < 4.78 is 1.97. The number of H-pyrrole nitrogens is 1. The van der Waals surface area contributed by atoms with E-state index >= 15 is 0 Å². The van der Waals surface area contributed by atoms with Crippen molar-refractivity contribution in [3.05, 3.63) is 78.9 Å². The average molecular weight is 383 g/mol. The smallest absolute Gasteiger partial charge is 0.180 e. The highest BCUT2D eigenvalue weighted by atomic mass is 16.3. The second-order valence-electron chi connectivity index (χ2n) is 7.67. The lowest BCUT2D eigenvalue weighted by Crippen LogP contribution is -2.15. The number of hydrogen-bond donors (Lipinski definition) is 3. The molecular formula is C23H21N5O. The first kappa shape index (κ1) is 17.5. The van der Waals surface area contributed by atoms with Crippen LogP contribution < -0.4 is 5.32 Å². The summed E-state index contributed by atoms with van der Waals surface area (Å²) in [5.74, 6) is 0.676. The lowest BCUT2D eigenvalue weighted by Gasteiger charge is -2.18. The third-order valence-electron chi connectivity index (χ3n) is 5.08. The third-order valence-corrected chi connectivity index (χ3v) is 5.08. The van der Waals surface area contributed by atoms with Crippen molar-refractivity contribution in [2.45, 2.75) is 19.4 Å². The van der Waals surface area contributed by atoms with Crippen molar-refractivity contribution in [3.63, 3.8) is 0 Å². The van der Waals surface area contributed by atoms with E-state index < -0.39 is 5.60 Å². The highest BCUT2D eigenvalue weighted by molar-refractivity contribution is 5.84. The van der Waals surface area contributed by atoms with E-state index in [4.69, 9.17) is 4.98 Å². The number of benzene rings is 2. The Bertz CT molecular complexity index is 1310.